The van der Waals surface area contributed by atoms with Gasteiger partial charge in [0.15, 0.2) is 0 Å². The Hall–Kier alpha value is -1.56. The van der Waals surface area contributed by atoms with E-state index in [9.17, 15) is 4.79 Å². The van der Waals surface area contributed by atoms with E-state index in [0.29, 0.717) is 30.4 Å². The molecule has 0 unspecified atom stereocenters. The lowest BCUT2D eigenvalue weighted by Crippen LogP contribution is -2.26. The van der Waals surface area contributed by atoms with Crippen molar-refractivity contribution in [2.45, 2.75) is 19.8 Å². The molecule has 0 atom stereocenters. The Balaban J connectivity index is 2.35. The number of nitrogens with one attached hydrogen (secondary N) is 2. The number of nitrogens with zero attached hydrogens (tertiary/aromatic N) is 2. The average molecular weight is 258 g/mol. The van der Waals surface area contributed by atoms with E-state index in [1.807, 2.05) is 6.92 Å². The normalized spacial score (nSPS) is 10.0. The van der Waals surface area contributed by atoms with Crippen molar-refractivity contribution in [3.05, 3.63) is 11.2 Å². The van der Waals surface area contributed by atoms with Gasteiger partial charge >= 0.3 is 0 Å². The van der Waals surface area contributed by atoms with Crippen LogP contribution in [0.15, 0.2) is 6.20 Å². The van der Waals surface area contributed by atoms with Gasteiger partial charge in [0.1, 0.15) is 10.8 Å². The third kappa shape index (κ3) is 4.86. The van der Waals surface area contributed by atoms with Gasteiger partial charge in [-0.1, -0.05) is 18.5 Å². The minimum atomic E-state index is -0.00231. The fourth-order valence-electron chi connectivity index (χ4n) is 1.15. The van der Waals surface area contributed by atoms with Crippen molar-refractivity contribution in [2.75, 3.05) is 24.1 Å². The van der Waals surface area contributed by atoms with Gasteiger partial charge in [-0.15, -0.1) is 0 Å². The minimum Gasteiger partial charge on any atom is -0.368 e. The Morgan fingerprint density at radius 3 is 3.00 bits per heavy atom. The lowest BCUT2D eigenvalue weighted by Gasteiger charge is -2.07. The van der Waals surface area contributed by atoms with E-state index >= 15 is 0 Å². The quantitative estimate of drug-likeness (QED) is 0.708. The average Bonchev–Trinajstić information content (AvgIpc) is 2.31. The van der Waals surface area contributed by atoms with E-state index in [1.54, 1.807) is 0 Å². The van der Waals surface area contributed by atoms with Crippen molar-refractivity contribution < 1.29 is 4.79 Å². The standard InChI is InChI=1S/C10H16ClN5O/c1-2-4-13-8(17)3-5-14-9-7(11)6-15-10(12)16-9/h6H,2-5H2,1H3,(H,13,17)(H3,12,14,15,16). The summed E-state index contributed by atoms with van der Waals surface area (Å²) in [5, 5.41) is 6.09. The molecule has 1 rings (SSSR count). The molecule has 1 heterocycles. The predicted octanol–water partition coefficient (Wildman–Crippen LogP) is 1.04. The second kappa shape index (κ2) is 6.90. The largest absolute Gasteiger partial charge is 0.368 e. The van der Waals surface area contributed by atoms with E-state index in [0.717, 1.165) is 6.42 Å². The molecule has 1 aromatic rings. The Bertz CT molecular complexity index is 385. The number of nitrogens with two attached hydrogens (primary N) is 1. The number of carbonyl (C=O) groups excluding carboxylic acids is 1. The highest BCUT2D eigenvalue weighted by atomic mass is 35.5. The second-order valence-electron chi connectivity index (χ2n) is 3.45. The van der Waals surface area contributed by atoms with Crippen LogP contribution in [-0.2, 0) is 4.79 Å². The van der Waals surface area contributed by atoms with Crippen LogP contribution in [0.25, 0.3) is 0 Å². The molecule has 0 spiro atoms. The molecule has 0 aliphatic carbocycles. The van der Waals surface area contributed by atoms with Crippen LogP contribution >= 0.6 is 11.6 Å². The molecule has 0 fully saturated rings. The van der Waals surface area contributed by atoms with Gasteiger partial charge < -0.3 is 16.4 Å². The monoisotopic (exact) mass is 257 g/mol. The summed E-state index contributed by atoms with van der Waals surface area (Å²) in [4.78, 5) is 19.0. The highest BCUT2D eigenvalue weighted by molar-refractivity contribution is 6.32. The molecule has 0 saturated heterocycles. The van der Waals surface area contributed by atoms with Gasteiger partial charge in [-0.3, -0.25) is 4.79 Å². The molecule has 0 aliphatic rings. The summed E-state index contributed by atoms with van der Waals surface area (Å²) in [5.41, 5.74) is 5.42. The van der Waals surface area contributed by atoms with Crippen LogP contribution in [0.3, 0.4) is 0 Å². The van der Waals surface area contributed by atoms with Crippen LogP contribution in [-0.4, -0.2) is 29.0 Å². The third-order valence-corrected chi connectivity index (χ3v) is 2.26. The molecule has 7 heteroatoms. The number of hydrogen-bond acceptors (Lipinski definition) is 5. The summed E-state index contributed by atoms with van der Waals surface area (Å²) >= 11 is 5.85. The van der Waals surface area contributed by atoms with E-state index in [4.69, 9.17) is 17.3 Å². The number of halogens is 1. The molecule has 6 nitrogen and oxygen atoms in total. The third-order valence-electron chi connectivity index (χ3n) is 1.98. The van der Waals surface area contributed by atoms with Gasteiger partial charge in [0.25, 0.3) is 0 Å². The zero-order chi connectivity index (χ0) is 12.7. The summed E-state index contributed by atoms with van der Waals surface area (Å²) in [5.74, 6) is 0.590. The topological polar surface area (TPSA) is 92.9 Å². The first kappa shape index (κ1) is 13.5. The van der Waals surface area contributed by atoms with Crippen LogP contribution in [0.4, 0.5) is 11.8 Å². The summed E-state index contributed by atoms with van der Waals surface area (Å²) in [6.07, 6.45) is 2.71. The number of anilines is 2. The van der Waals surface area contributed by atoms with Gasteiger partial charge in [0, 0.05) is 19.5 Å². The van der Waals surface area contributed by atoms with Gasteiger partial charge in [0.05, 0.1) is 6.20 Å². The summed E-state index contributed by atoms with van der Waals surface area (Å²) in [6.45, 7) is 3.15. The molecule has 94 valence electrons. The Morgan fingerprint density at radius 2 is 2.29 bits per heavy atom. The van der Waals surface area contributed by atoms with Gasteiger partial charge in [-0.05, 0) is 6.42 Å². The lowest BCUT2D eigenvalue weighted by molar-refractivity contribution is -0.120. The molecule has 0 radical (unpaired) electrons. The molecule has 0 bridgehead atoms. The highest BCUT2D eigenvalue weighted by Gasteiger charge is 2.04. The van der Waals surface area contributed by atoms with Gasteiger partial charge in [0.2, 0.25) is 11.9 Å². The van der Waals surface area contributed by atoms with Crippen molar-refractivity contribution in [3.8, 4) is 0 Å². The number of aromatic nitrogens is 2. The first-order valence-corrected chi connectivity index (χ1v) is 5.80. The van der Waals surface area contributed by atoms with Crippen molar-refractivity contribution >= 4 is 29.3 Å². The summed E-state index contributed by atoms with van der Waals surface area (Å²) in [7, 11) is 0. The maximum Gasteiger partial charge on any atom is 0.222 e. The fourth-order valence-corrected chi connectivity index (χ4v) is 1.31. The smallest absolute Gasteiger partial charge is 0.222 e. The van der Waals surface area contributed by atoms with E-state index in [2.05, 4.69) is 20.6 Å². The van der Waals surface area contributed by atoms with Crippen LogP contribution in [0.1, 0.15) is 19.8 Å². The summed E-state index contributed by atoms with van der Waals surface area (Å²) in [6, 6.07) is 0. The molecule has 0 saturated carbocycles. The van der Waals surface area contributed by atoms with E-state index < -0.39 is 0 Å². The SMILES string of the molecule is CCCNC(=O)CCNc1nc(N)ncc1Cl. The number of carbonyl (C=O) groups is 1. The van der Waals surface area contributed by atoms with Gasteiger partial charge in [-0.25, -0.2) is 4.98 Å². The van der Waals surface area contributed by atoms with Crippen molar-refractivity contribution in [1.29, 1.82) is 0 Å². The molecular weight excluding hydrogens is 242 g/mol. The number of nitrogen functional groups attached to an aromatic ring is 1. The zero-order valence-corrected chi connectivity index (χ0v) is 10.4. The van der Waals surface area contributed by atoms with Crippen molar-refractivity contribution in [2.24, 2.45) is 0 Å². The minimum absolute atomic E-state index is 0.00231. The maximum absolute atomic E-state index is 11.3. The molecule has 0 aromatic carbocycles. The summed E-state index contributed by atoms with van der Waals surface area (Å²) < 4.78 is 0. The predicted molar refractivity (Wildman–Crippen MR) is 67.9 cm³/mol. The Morgan fingerprint density at radius 1 is 1.53 bits per heavy atom. The zero-order valence-electron chi connectivity index (χ0n) is 9.66. The molecule has 1 aromatic heterocycles. The fraction of sp³-hybridized carbons (Fsp3) is 0.500. The first-order valence-electron chi connectivity index (χ1n) is 5.42. The first-order chi connectivity index (χ1) is 8.13. The highest BCUT2D eigenvalue weighted by Crippen LogP contribution is 2.17. The number of hydrogen-bond donors (Lipinski definition) is 3. The second-order valence-corrected chi connectivity index (χ2v) is 3.86. The van der Waals surface area contributed by atoms with Gasteiger partial charge in [-0.2, -0.15) is 4.98 Å². The van der Waals surface area contributed by atoms with E-state index in [1.165, 1.54) is 6.20 Å². The Kier molecular flexibility index (Phi) is 5.48. The maximum atomic E-state index is 11.3. The number of rotatable bonds is 6. The van der Waals surface area contributed by atoms with Crippen LogP contribution in [0.2, 0.25) is 5.02 Å². The van der Waals surface area contributed by atoms with Crippen molar-refractivity contribution in [1.82, 2.24) is 15.3 Å². The van der Waals surface area contributed by atoms with Crippen LogP contribution < -0.4 is 16.4 Å². The molecule has 1 amide bonds. The molecule has 0 aliphatic heterocycles. The lowest BCUT2D eigenvalue weighted by atomic mass is 10.3. The molecular formula is C10H16ClN5O. The molecule has 17 heavy (non-hydrogen) atoms. The van der Waals surface area contributed by atoms with Crippen LogP contribution in [0.5, 0.6) is 0 Å². The van der Waals surface area contributed by atoms with Crippen LogP contribution in [0, 0.1) is 0 Å². The molecule has 4 N–H and O–H groups in total. The van der Waals surface area contributed by atoms with Crippen molar-refractivity contribution in [3.63, 3.8) is 0 Å². The number of amides is 1. The van der Waals surface area contributed by atoms with E-state index in [-0.39, 0.29) is 11.9 Å². The Labute approximate surface area is 105 Å².